The van der Waals surface area contributed by atoms with Gasteiger partial charge < -0.3 is 10.2 Å². The highest BCUT2D eigenvalue weighted by Crippen LogP contribution is 2.46. The van der Waals surface area contributed by atoms with E-state index in [0.717, 1.165) is 29.3 Å². The molecule has 0 spiro atoms. The molecule has 1 aromatic carbocycles. The molecule has 2 aliphatic rings. The Kier molecular flexibility index (Phi) is 4.56. The molecule has 26 heavy (non-hydrogen) atoms. The lowest BCUT2D eigenvalue weighted by atomic mass is 10.0. The maximum absolute atomic E-state index is 12.8. The van der Waals surface area contributed by atoms with E-state index in [0.29, 0.717) is 5.56 Å². The Balaban J connectivity index is 1.80. The number of benzene rings is 1. The summed E-state index contributed by atoms with van der Waals surface area (Å²) in [6, 6.07) is 5.01. The van der Waals surface area contributed by atoms with Crippen LogP contribution in [0.3, 0.4) is 0 Å². The summed E-state index contributed by atoms with van der Waals surface area (Å²) < 4.78 is 1.97. The Hall–Kier alpha value is -2.15. The summed E-state index contributed by atoms with van der Waals surface area (Å²) in [6.07, 6.45) is 6.96. The second-order valence-electron chi connectivity index (χ2n) is 7.07. The molecule has 1 atom stereocenters. The van der Waals surface area contributed by atoms with E-state index in [1.165, 1.54) is 49.6 Å². The van der Waals surface area contributed by atoms with Crippen LogP contribution in [0.2, 0.25) is 0 Å². The molecule has 4 rings (SSSR count). The lowest BCUT2D eigenvalue weighted by molar-refractivity contribution is 0.403. The quantitative estimate of drug-likeness (QED) is 0.538. The van der Waals surface area contributed by atoms with Gasteiger partial charge in [0.2, 0.25) is 0 Å². The zero-order chi connectivity index (χ0) is 18.3. The Labute approximate surface area is 156 Å². The fourth-order valence-electron chi connectivity index (χ4n) is 3.93. The SMILES string of the molecule is CC1=Nc2c(c(=O)[nH]n2C2CCCCCC2)[C@@H](c2ccc(O)c(O)c2)S1. The number of phenolic OH excluding ortho intramolecular Hbond substituents is 2. The van der Waals surface area contributed by atoms with E-state index in [-0.39, 0.29) is 28.4 Å². The van der Waals surface area contributed by atoms with E-state index < -0.39 is 0 Å². The van der Waals surface area contributed by atoms with Gasteiger partial charge in [-0.3, -0.25) is 14.6 Å². The minimum atomic E-state index is -0.246. The van der Waals surface area contributed by atoms with Crippen LogP contribution >= 0.6 is 11.8 Å². The van der Waals surface area contributed by atoms with E-state index in [4.69, 9.17) is 0 Å². The normalized spacial score (nSPS) is 21.1. The van der Waals surface area contributed by atoms with E-state index in [9.17, 15) is 15.0 Å². The maximum atomic E-state index is 12.8. The summed E-state index contributed by atoms with van der Waals surface area (Å²) in [6.45, 7) is 1.94. The summed E-state index contributed by atoms with van der Waals surface area (Å²) in [4.78, 5) is 17.5. The average molecular weight is 373 g/mol. The van der Waals surface area contributed by atoms with Gasteiger partial charge in [-0.2, -0.15) is 0 Å². The predicted molar refractivity (Wildman–Crippen MR) is 104 cm³/mol. The number of nitrogens with zero attached hydrogens (tertiary/aromatic N) is 2. The van der Waals surface area contributed by atoms with Crippen molar-refractivity contribution in [1.82, 2.24) is 9.78 Å². The predicted octanol–water partition coefficient (Wildman–Crippen LogP) is 4.37. The molecule has 0 amide bonds. The van der Waals surface area contributed by atoms with E-state index in [2.05, 4.69) is 10.1 Å². The lowest BCUT2D eigenvalue weighted by Crippen LogP contribution is -2.13. The summed E-state index contributed by atoms with van der Waals surface area (Å²) in [5.74, 6) is 0.380. The smallest absolute Gasteiger partial charge is 0.271 e. The number of thioether (sulfide) groups is 1. The first-order valence-electron chi connectivity index (χ1n) is 9.13. The topological polar surface area (TPSA) is 90.6 Å². The van der Waals surface area contributed by atoms with Crippen LogP contribution in [0, 0.1) is 0 Å². The molecule has 1 aliphatic carbocycles. The molecule has 6 nitrogen and oxygen atoms in total. The average Bonchev–Trinajstić information content (AvgIpc) is 2.80. The molecule has 0 bridgehead atoms. The third kappa shape index (κ3) is 3.05. The summed E-state index contributed by atoms with van der Waals surface area (Å²) in [5, 5.41) is 23.1. The molecule has 0 unspecified atom stereocenters. The highest BCUT2D eigenvalue weighted by atomic mass is 32.2. The van der Waals surface area contributed by atoms with Crippen LogP contribution in [0.5, 0.6) is 11.5 Å². The van der Waals surface area contributed by atoms with Crippen molar-refractivity contribution in [2.75, 3.05) is 0 Å². The number of aromatic nitrogens is 2. The van der Waals surface area contributed by atoms with Gasteiger partial charge >= 0.3 is 0 Å². The van der Waals surface area contributed by atoms with Gasteiger partial charge in [0.05, 0.1) is 21.9 Å². The fraction of sp³-hybridized carbons (Fsp3) is 0.474. The molecule has 1 fully saturated rings. The Morgan fingerprint density at radius 2 is 1.88 bits per heavy atom. The number of hydrogen-bond donors (Lipinski definition) is 3. The molecule has 0 saturated heterocycles. The van der Waals surface area contributed by atoms with Crippen molar-refractivity contribution in [2.24, 2.45) is 4.99 Å². The number of phenols is 2. The number of aliphatic imine (C=N–C) groups is 1. The first kappa shape index (κ1) is 17.3. The molecule has 1 aliphatic heterocycles. The van der Waals surface area contributed by atoms with Gasteiger partial charge in [-0.25, -0.2) is 4.99 Å². The first-order chi connectivity index (χ1) is 12.5. The van der Waals surface area contributed by atoms with Crippen LogP contribution in [-0.2, 0) is 0 Å². The van der Waals surface area contributed by atoms with Crippen molar-refractivity contribution < 1.29 is 10.2 Å². The highest BCUT2D eigenvalue weighted by molar-refractivity contribution is 8.14. The van der Waals surface area contributed by atoms with Crippen molar-refractivity contribution in [1.29, 1.82) is 0 Å². The molecular weight excluding hydrogens is 350 g/mol. The largest absolute Gasteiger partial charge is 0.504 e. The molecule has 2 aromatic rings. The van der Waals surface area contributed by atoms with E-state index in [1.807, 2.05) is 11.6 Å². The number of aromatic hydroxyl groups is 2. The molecule has 1 saturated carbocycles. The van der Waals surface area contributed by atoms with Gasteiger partial charge in [-0.1, -0.05) is 43.5 Å². The minimum Gasteiger partial charge on any atom is -0.504 e. The molecule has 2 heterocycles. The van der Waals surface area contributed by atoms with Crippen LogP contribution in [-0.4, -0.2) is 25.0 Å². The fourth-order valence-corrected chi connectivity index (χ4v) is 5.02. The molecular formula is C19H23N3O3S. The number of aromatic amines is 1. The number of rotatable bonds is 2. The minimum absolute atomic E-state index is 0.120. The monoisotopic (exact) mass is 373 g/mol. The second-order valence-corrected chi connectivity index (χ2v) is 8.37. The van der Waals surface area contributed by atoms with Crippen LogP contribution in [0.4, 0.5) is 5.82 Å². The number of hydrogen-bond acceptors (Lipinski definition) is 5. The third-order valence-corrected chi connectivity index (χ3v) is 6.42. The van der Waals surface area contributed by atoms with Crippen molar-refractivity contribution in [2.45, 2.75) is 56.7 Å². The Morgan fingerprint density at radius 1 is 1.15 bits per heavy atom. The number of nitrogens with one attached hydrogen (secondary N) is 1. The Bertz CT molecular complexity index is 907. The van der Waals surface area contributed by atoms with Gasteiger partial charge in [0.1, 0.15) is 0 Å². The van der Waals surface area contributed by atoms with Crippen molar-refractivity contribution in [3.63, 3.8) is 0 Å². The zero-order valence-electron chi connectivity index (χ0n) is 14.7. The van der Waals surface area contributed by atoms with Crippen molar-refractivity contribution >= 4 is 22.6 Å². The molecule has 3 N–H and O–H groups in total. The van der Waals surface area contributed by atoms with Crippen molar-refractivity contribution in [3.8, 4) is 11.5 Å². The van der Waals surface area contributed by atoms with E-state index >= 15 is 0 Å². The third-order valence-electron chi connectivity index (χ3n) is 5.24. The van der Waals surface area contributed by atoms with Gasteiger partial charge in [-0.15, -0.1) is 0 Å². The van der Waals surface area contributed by atoms with Crippen LogP contribution in [0.1, 0.15) is 67.9 Å². The van der Waals surface area contributed by atoms with Crippen LogP contribution < -0.4 is 5.56 Å². The Morgan fingerprint density at radius 3 is 2.58 bits per heavy atom. The summed E-state index contributed by atoms with van der Waals surface area (Å²) >= 11 is 1.50. The molecule has 0 radical (unpaired) electrons. The standard InChI is InChI=1S/C19H23N3O3S/c1-11-20-18-16(17(26-11)12-8-9-14(23)15(24)10-12)19(25)21-22(18)13-6-4-2-3-5-7-13/h8-10,13,17,23-24H,2-7H2,1H3,(H,21,25)/t17-/m1/s1. The van der Waals surface area contributed by atoms with Crippen LogP contribution in [0.15, 0.2) is 28.0 Å². The number of H-pyrrole nitrogens is 1. The molecule has 138 valence electrons. The zero-order valence-corrected chi connectivity index (χ0v) is 15.6. The molecule has 7 heteroatoms. The maximum Gasteiger partial charge on any atom is 0.271 e. The highest BCUT2D eigenvalue weighted by Gasteiger charge is 2.32. The summed E-state index contributed by atoms with van der Waals surface area (Å²) in [5.41, 5.74) is 1.30. The van der Waals surface area contributed by atoms with Gasteiger partial charge in [-0.05, 0) is 37.5 Å². The van der Waals surface area contributed by atoms with Gasteiger partial charge in [0.15, 0.2) is 17.3 Å². The second kappa shape index (κ2) is 6.87. The van der Waals surface area contributed by atoms with Crippen LogP contribution in [0.25, 0.3) is 0 Å². The number of fused-ring (bicyclic) bond motifs is 1. The first-order valence-corrected chi connectivity index (χ1v) is 10.0. The van der Waals surface area contributed by atoms with Gasteiger partial charge in [0.25, 0.3) is 5.56 Å². The summed E-state index contributed by atoms with van der Waals surface area (Å²) in [7, 11) is 0. The van der Waals surface area contributed by atoms with Crippen molar-refractivity contribution in [3.05, 3.63) is 39.7 Å². The van der Waals surface area contributed by atoms with E-state index in [1.54, 1.807) is 6.07 Å². The van der Waals surface area contributed by atoms with Gasteiger partial charge in [0, 0.05) is 0 Å². The molecule has 1 aromatic heterocycles. The lowest BCUT2D eigenvalue weighted by Gasteiger charge is -2.23.